The number of aryl methyl sites for hydroxylation is 1. The molecule has 1 saturated heterocycles. The number of carbonyl (C=O) groups is 1. The Hall–Kier alpha value is -2.47. The predicted octanol–water partition coefficient (Wildman–Crippen LogP) is 3.45. The first-order chi connectivity index (χ1) is 14.6. The van der Waals surface area contributed by atoms with Crippen LogP contribution >= 0.6 is 0 Å². The second-order valence-electron chi connectivity index (χ2n) is 8.61. The molecule has 1 aliphatic heterocycles. The van der Waals surface area contributed by atoms with E-state index in [1.807, 2.05) is 42.3 Å². The lowest BCUT2D eigenvalue weighted by Crippen LogP contribution is -2.45. The third-order valence-electron chi connectivity index (χ3n) is 6.58. The van der Waals surface area contributed by atoms with Crippen LogP contribution in [0.15, 0.2) is 41.5 Å². The van der Waals surface area contributed by atoms with Gasteiger partial charge in [0, 0.05) is 24.5 Å². The van der Waals surface area contributed by atoms with E-state index in [1.165, 1.54) is 6.42 Å². The quantitative estimate of drug-likeness (QED) is 0.823. The minimum atomic E-state index is -0.145. The van der Waals surface area contributed by atoms with Crippen molar-refractivity contribution in [3.8, 4) is 0 Å². The highest BCUT2D eigenvalue weighted by Gasteiger charge is 2.30. The molecule has 2 aliphatic rings. The summed E-state index contributed by atoms with van der Waals surface area (Å²) in [6, 6.07) is 8.04. The number of hydrogen-bond acceptors (Lipinski definition) is 4. The molecule has 1 aliphatic carbocycles. The number of aromatic nitrogens is 2. The monoisotopic (exact) mass is 408 g/mol. The molecule has 1 saturated carbocycles. The predicted molar refractivity (Wildman–Crippen MR) is 118 cm³/mol. The molecule has 0 spiro atoms. The molecule has 0 bridgehead atoms. The zero-order valence-electron chi connectivity index (χ0n) is 17.8. The summed E-state index contributed by atoms with van der Waals surface area (Å²) in [5.41, 5.74) is 1.81. The number of piperidine rings is 1. The maximum Gasteiger partial charge on any atom is 0.263 e. The molecule has 0 atom stereocenters. The largest absolute Gasteiger partial charge is 0.330 e. The number of carbonyl (C=O) groups excluding carboxylic acids is 1. The summed E-state index contributed by atoms with van der Waals surface area (Å²) in [6.45, 7) is 4.14. The van der Waals surface area contributed by atoms with Crippen LogP contribution in [0.5, 0.6) is 0 Å². The Morgan fingerprint density at radius 3 is 2.60 bits per heavy atom. The Bertz CT molecular complexity index is 913. The van der Waals surface area contributed by atoms with E-state index in [1.54, 1.807) is 10.8 Å². The maximum atomic E-state index is 13.8. The molecular formula is C24H32N4O2. The Morgan fingerprint density at radius 2 is 1.90 bits per heavy atom. The number of nitrogens with one attached hydrogen (secondary N) is 1. The molecule has 6 heteroatoms. The van der Waals surface area contributed by atoms with Gasteiger partial charge in [-0.3, -0.25) is 14.6 Å². The summed E-state index contributed by atoms with van der Waals surface area (Å²) >= 11 is 0. The number of nitrogens with zero attached hydrogens (tertiary/aromatic N) is 3. The van der Waals surface area contributed by atoms with E-state index < -0.39 is 0 Å². The van der Waals surface area contributed by atoms with Crippen LogP contribution in [0.25, 0.3) is 0 Å². The topological polar surface area (TPSA) is 67.2 Å². The number of rotatable bonds is 5. The second kappa shape index (κ2) is 9.56. The fourth-order valence-corrected chi connectivity index (χ4v) is 4.84. The van der Waals surface area contributed by atoms with E-state index in [-0.39, 0.29) is 23.6 Å². The van der Waals surface area contributed by atoms with Crippen molar-refractivity contribution in [2.75, 3.05) is 13.1 Å². The zero-order chi connectivity index (χ0) is 20.9. The molecule has 2 fully saturated rings. The maximum absolute atomic E-state index is 13.8. The first-order valence-corrected chi connectivity index (χ1v) is 11.3. The van der Waals surface area contributed by atoms with Crippen LogP contribution in [0.2, 0.25) is 0 Å². The molecule has 1 N–H and O–H groups in total. The van der Waals surface area contributed by atoms with E-state index in [9.17, 15) is 9.59 Å². The lowest BCUT2D eigenvalue weighted by molar-refractivity contribution is 0.0607. The third kappa shape index (κ3) is 4.48. The van der Waals surface area contributed by atoms with Gasteiger partial charge in [0.2, 0.25) is 0 Å². The van der Waals surface area contributed by atoms with Crippen LogP contribution in [-0.2, 0) is 6.54 Å². The van der Waals surface area contributed by atoms with E-state index in [2.05, 4.69) is 10.3 Å². The Kier molecular flexibility index (Phi) is 6.62. The van der Waals surface area contributed by atoms with Crippen LogP contribution < -0.4 is 10.9 Å². The molecule has 1 amide bonds. The van der Waals surface area contributed by atoms with E-state index in [0.717, 1.165) is 62.9 Å². The molecule has 0 unspecified atom stereocenters. The van der Waals surface area contributed by atoms with Crippen LogP contribution in [0, 0.1) is 6.92 Å². The molecule has 4 rings (SSSR count). The first-order valence-electron chi connectivity index (χ1n) is 11.3. The molecule has 3 heterocycles. The zero-order valence-corrected chi connectivity index (χ0v) is 17.8. The van der Waals surface area contributed by atoms with Gasteiger partial charge in [0.1, 0.15) is 5.56 Å². The van der Waals surface area contributed by atoms with Gasteiger partial charge in [-0.15, -0.1) is 0 Å². The summed E-state index contributed by atoms with van der Waals surface area (Å²) < 4.78 is 1.79. The number of amides is 1. The molecule has 160 valence electrons. The summed E-state index contributed by atoms with van der Waals surface area (Å²) in [5.74, 6) is -0.140. The average Bonchev–Trinajstić information content (AvgIpc) is 2.79. The fourth-order valence-electron chi connectivity index (χ4n) is 4.84. The van der Waals surface area contributed by atoms with Crippen LogP contribution in [0.4, 0.5) is 0 Å². The van der Waals surface area contributed by atoms with Crippen LogP contribution in [0.3, 0.4) is 0 Å². The van der Waals surface area contributed by atoms with Crippen molar-refractivity contribution in [2.45, 2.75) is 70.5 Å². The van der Waals surface area contributed by atoms with E-state index in [0.29, 0.717) is 12.1 Å². The SMILES string of the molecule is Cc1ccn(C2CCNCC2)c(=O)c1C(=O)N(Cc1ccccn1)C1CCCCC1. The highest BCUT2D eigenvalue weighted by Crippen LogP contribution is 2.26. The van der Waals surface area contributed by atoms with E-state index >= 15 is 0 Å². The minimum absolute atomic E-state index is 0.140. The van der Waals surface area contributed by atoms with Gasteiger partial charge < -0.3 is 14.8 Å². The van der Waals surface area contributed by atoms with Gasteiger partial charge in [-0.2, -0.15) is 0 Å². The molecule has 2 aromatic heterocycles. The Balaban J connectivity index is 1.68. The number of pyridine rings is 2. The van der Waals surface area contributed by atoms with Crippen molar-refractivity contribution in [1.29, 1.82) is 0 Å². The average molecular weight is 409 g/mol. The van der Waals surface area contributed by atoms with Gasteiger partial charge in [0.15, 0.2) is 0 Å². The Morgan fingerprint density at radius 1 is 1.13 bits per heavy atom. The molecule has 0 radical (unpaired) electrons. The summed E-state index contributed by atoms with van der Waals surface area (Å²) in [4.78, 5) is 33.6. The molecule has 30 heavy (non-hydrogen) atoms. The van der Waals surface area contributed by atoms with Gasteiger partial charge in [0.25, 0.3) is 11.5 Å². The van der Waals surface area contributed by atoms with Gasteiger partial charge in [-0.25, -0.2) is 0 Å². The van der Waals surface area contributed by atoms with Crippen molar-refractivity contribution >= 4 is 5.91 Å². The standard InChI is InChI=1S/C24H32N4O2/c1-18-12-16-27(21-10-14-25-15-11-21)23(29)22(18)24(30)28(20-8-3-2-4-9-20)17-19-7-5-6-13-26-19/h5-7,12-13,16,20-21,25H,2-4,8-11,14-15,17H2,1H3. The smallest absolute Gasteiger partial charge is 0.263 e. The van der Waals surface area contributed by atoms with Crippen molar-refractivity contribution in [3.63, 3.8) is 0 Å². The van der Waals surface area contributed by atoms with E-state index in [4.69, 9.17) is 0 Å². The van der Waals surface area contributed by atoms with Crippen molar-refractivity contribution in [2.24, 2.45) is 0 Å². The van der Waals surface area contributed by atoms with Crippen molar-refractivity contribution in [3.05, 3.63) is 63.8 Å². The molecule has 0 aromatic carbocycles. The fraction of sp³-hybridized carbons (Fsp3) is 0.542. The summed E-state index contributed by atoms with van der Waals surface area (Å²) in [5, 5.41) is 3.34. The minimum Gasteiger partial charge on any atom is -0.330 e. The highest BCUT2D eigenvalue weighted by molar-refractivity contribution is 5.95. The molecule has 2 aromatic rings. The summed E-state index contributed by atoms with van der Waals surface area (Å²) in [6.07, 6.45) is 10.9. The second-order valence-corrected chi connectivity index (χ2v) is 8.61. The van der Waals surface area contributed by atoms with Gasteiger partial charge in [-0.05, 0) is 69.5 Å². The number of hydrogen-bond donors (Lipinski definition) is 1. The summed E-state index contributed by atoms with van der Waals surface area (Å²) in [7, 11) is 0. The van der Waals surface area contributed by atoms with Crippen molar-refractivity contribution in [1.82, 2.24) is 19.8 Å². The third-order valence-corrected chi connectivity index (χ3v) is 6.58. The highest BCUT2D eigenvalue weighted by atomic mass is 16.2. The molecule has 6 nitrogen and oxygen atoms in total. The normalized spacial score (nSPS) is 18.3. The lowest BCUT2D eigenvalue weighted by Gasteiger charge is -2.34. The van der Waals surface area contributed by atoms with Gasteiger partial charge in [0.05, 0.1) is 12.2 Å². The van der Waals surface area contributed by atoms with Crippen molar-refractivity contribution < 1.29 is 4.79 Å². The van der Waals surface area contributed by atoms with Crippen LogP contribution in [0.1, 0.15) is 72.6 Å². The lowest BCUT2D eigenvalue weighted by atomic mass is 9.93. The Labute approximate surface area is 178 Å². The molecular weight excluding hydrogens is 376 g/mol. The van der Waals surface area contributed by atoms with Gasteiger partial charge in [-0.1, -0.05) is 25.3 Å². The van der Waals surface area contributed by atoms with Crippen LogP contribution in [-0.4, -0.2) is 39.5 Å². The first kappa shape index (κ1) is 20.8. The van der Waals surface area contributed by atoms with Gasteiger partial charge >= 0.3 is 0 Å².